The number of rotatable bonds is 4. The van der Waals surface area contributed by atoms with E-state index in [2.05, 4.69) is 13.8 Å². The monoisotopic (exact) mass is 99.1 g/mol. The average molecular weight is 99.2 g/mol. The Hall–Kier alpha value is 0. The summed E-state index contributed by atoms with van der Waals surface area (Å²) in [5.74, 6) is 0. The Labute approximate surface area is 46.9 Å². The maximum Gasteiger partial charge on any atom is -0.0537 e. The minimum atomic E-state index is 1.11. The van der Waals surface area contributed by atoms with Crippen molar-refractivity contribution in [3.05, 3.63) is 6.92 Å². The van der Waals surface area contributed by atoms with Crippen LogP contribution in [0.15, 0.2) is 0 Å². The molecule has 0 radical (unpaired) electrons. The van der Waals surface area contributed by atoms with E-state index in [9.17, 15) is 0 Å². The highest BCUT2D eigenvalue weighted by Crippen LogP contribution is 1.99. The lowest BCUT2D eigenvalue weighted by Crippen LogP contribution is -1.71. The van der Waals surface area contributed by atoms with Gasteiger partial charge in [-0.3, -0.25) is 0 Å². The third kappa shape index (κ3) is 6.00. The first-order chi connectivity index (χ1) is 3.41. The van der Waals surface area contributed by atoms with Gasteiger partial charge in [-0.1, -0.05) is 32.6 Å². The molecular formula is C7H15-. The summed E-state index contributed by atoms with van der Waals surface area (Å²) in [6.45, 7) is 5.98. The van der Waals surface area contributed by atoms with Gasteiger partial charge in [-0.25, -0.2) is 0 Å². The molecule has 0 fully saturated rings. The fourth-order valence-electron chi connectivity index (χ4n) is 0.604. The Morgan fingerprint density at radius 1 is 1.14 bits per heavy atom. The molecule has 0 aromatic rings. The van der Waals surface area contributed by atoms with Gasteiger partial charge in [0.05, 0.1) is 0 Å². The summed E-state index contributed by atoms with van der Waals surface area (Å²) in [5.41, 5.74) is 0. The Morgan fingerprint density at radius 2 is 1.86 bits per heavy atom. The van der Waals surface area contributed by atoms with Crippen LogP contribution in [-0.2, 0) is 0 Å². The van der Waals surface area contributed by atoms with E-state index in [0.29, 0.717) is 0 Å². The second-order valence-electron chi connectivity index (χ2n) is 1.91. The van der Waals surface area contributed by atoms with Crippen molar-refractivity contribution < 1.29 is 0 Å². The molecule has 0 nitrogen and oxygen atoms in total. The van der Waals surface area contributed by atoms with Crippen LogP contribution in [-0.4, -0.2) is 0 Å². The Kier molecular flexibility index (Phi) is 6.00. The molecule has 44 valence electrons. The van der Waals surface area contributed by atoms with Crippen LogP contribution in [0.4, 0.5) is 0 Å². The topological polar surface area (TPSA) is 0 Å². The van der Waals surface area contributed by atoms with E-state index in [1.807, 2.05) is 0 Å². The molecule has 0 aliphatic carbocycles. The van der Waals surface area contributed by atoms with E-state index < -0.39 is 0 Å². The predicted molar refractivity (Wildman–Crippen MR) is 34.1 cm³/mol. The first-order valence-electron chi connectivity index (χ1n) is 3.21. The smallest absolute Gasteiger partial charge is 0.0537 e. The van der Waals surface area contributed by atoms with Crippen molar-refractivity contribution in [2.24, 2.45) is 0 Å². The fourth-order valence-corrected chi connectivity index (χ4v) is 0.604. The van der Waals surface area contributed by atoms with E-state index in [1.165, 1.54) is 25.7 Å². The zero-order chi connectivity index (χ0) is 5.54. The normalized spacial score (nSPS) is 9.43. The van der Waals surface area contributed by atoms with Crippen LogP contribution < -0.4 is 0 Å². The molecule has 0 aliphatic heterocycles. The van der Waals surface area contributed by atoms with Crippen molar-refractivity contribution in [1.82, 2.24) is 0 Å². The summed E-state index contributed by atoms with van der Waals surface area (Å²) < 4.78 is 0. The lowest BCUT2D eigenvalue weighted by molar-refractivity contribution is 0.673. The molecular weight excluding hydrogens is 84.1 g/mol. The maximum atomic E-state index is 3.76. The van der Waals surface area contributed by atoms with Gasteiger partial charge >= 0.3 is 0 Å². The molecule has 0 heterocycles. The van der Waals surface area contributed by atoms with Crippen LogP contribution >= 0.6 is 0 Å². The summed E-state index contributed by atoms with van der Waals surface area (Å²) >= 11 is 0. The van der Waals surface area contributed by atoms with Gasteiger partial charge < -0.3 is 6.92 Å². The molecule has 0 unspecified atom stereocenters. The molecule has 0 N–H and O–H groups in total. The quantitative estimate of drug-likeness (QED) is 0.375. The van der Waals surface area contributed by atoms with Crippen molar-refractivity contribution in [1.29, 1.82) is 0 Å². The van der Waals surface area contributed by atoms with E-state index >= 15 is 0 Å². The van der Waals surface area contributed by atoms with Gasteiger partial charge in [-0.2, -0.15) is 6.42 Å². The molecule has 0 saturated heterocycles. The maximum absolute atomic E-state index is 3.76. The van der Waals surface area contributed by atoms with Crippen LogP contribution in [0, 0.1) is 6.92 Å². The first-order valence-corrected chi connectivity index (χ1v) is 3.21. The highest BCUT2D eigenvalue weighted by Gasteiger charge is 1.77. The largest absolute Gasteiger partial charge is 0.343 e. The second-order valence-corrected chi connectivity index (χ2v) is 1.91. The Morgan fingerprint density at radius 3 is 2.29 bits per heavy atom. The molecule has 0 bridgehead atoms. The molecule has 0 aromatic carbocycles. The van der Waals surface area contributed by atoms with Gasteiger partial charge in [-0.05, 0) is 0 Å². The third-order valence-electron chi connectivity index (χ3n) is 1.10. The second kappa shape index (κ2) is 6.00. The van der Waals surface area contributed by atoms with Crippen LogP contribution in [0.2, 0.25) is 0 Å². The highest BCUT2D eigenvalue weighted by molar-refractivity contribution is 4.41. The van der Waals surface area contributed by atoms with Crippen molar-refractivity contribution in [3.8, 4) is 0 Å². The van der Waals surface area contributed by atoms with Crippen LogP contribution in [0.5, 0.6) is 0 Å². The van der Waals surface area contributed by atoms with Gasteiger partial charge in [0.25, 0.3) is 0 Å². The summed E-state index contributed by atoms with van der Waals surface area (Å²) in [7, 11) is 0. The van der Waals surface area contributed by atoms with Crippen LogP contribution in [0.1, 0.15) is 39.0 Å². The molecule has 0 aliphatic rings. The van der Waals surface area contributed by atoms with Crippen molar-refractivity contribution in [3.63, 3.8) is 0 Å². The van der Waals surface area contributed by atoms with E-state index in [4.69, 9.17) is 0 Å². The first kappa shape index (κ1) is 7.00. The minimum Gasteiger partial charge on any atom is -0.343 e. The molecule has 7 heavy (non-hydrogen) atoms. The molecule has 0 amide bonds. The number of hydrogen-bond acceptors (Lipinski definition) is 0. The van der Waals surface area contributed by atoms with Crippen molar-refractivity contribution in [2.45, 2.75) is 39.0 Å². The van der Waals surface area contributed by atoms with Crippen molar-refractivity contribution >= 4 is 0 Å². The zero-order valence-corrected chi connectivity index (χ0v) is 5.24. The molecule has 0 atom stereocenters. The standard InChI is InChI=1S/C7H15/c1-3-5-7-6-4-2/h1,3-7H2,2H3/q-1. The molecule has 0 aromatic heterocycles. The van der Waals surface area contributed by atoms with E-state index in [1.54, 1.807) is 0 Å². The lowest BCUT2D eigenvalue weighted by atomic mass is 10.2. The number of hydrogen-bond donors (Lipinski definition) is 0. The van der Waals surface area contributed by atoms with Gasteiger partial charge in [0.15, 0.2) is 0 Å². The Bertz CT molecular complexity index is 19.2. The summed E-state index contributed by atoms with van der Waals surface area (Å²) in [6, 6.07) is 0. The zero-order valence-electron chi connectivity index (χ0n) is 5.24. The lowest BCUT2D eigenvalue weighted by Gasteiger charge is -1.94. The average Bonchev–Trinajstić information content (AvgIpc) is 1.69. The van der Waals surface area contributed by atoms with Gasteiger partial charge in [-0.15, -0.1) is 0 Å². The number of unbranched alkanes of at least 4 members (excludes halogenated alkanes) is 4. The summed E-state index contributed by atoms with van der Waals surface area (Å²) in [5, 5.41) is 0. The highest BCUT2D eigenvalue weighted by atomic mass is 13.9. The van der Waals surface area contributed by atoms with Crippen molar-refractivity contribution in [2.75, 3.05) is 0 Å². The third-order valence-corrected chi connectivity index (χ3v) is 1.10. The van der Waals surface area contributed by atoms with Crippen LogP contribution in [0.25, 0.3) is 0 Å². The van der Waals surface area contributed by atoms with Gasteiger partial charge in [0.1, 0.15) is 0 Å². The molecule has 0 spiro atoms. The van der Waals surface area contributed by atoms with Gasteiger partial charge in [0.2, 0.25) is 0 Å². The van der Waals surface area contributed by atoms with E-state index in [-0.39, 0.29) is 0 Å². The fraction of sp³-hybridized carbons (Fsp3) is 0.857. The Balaban J connectivity index is 2.45. The summed E-state index contributed by atoms with van der Waals surface area (Å²) in [4.78, 5) is 0. The molecule has 0 rings (SSSR count). The van der Waals surface area contributed by atoms with Gasteiger partial charge in [0, 0.05) is 0 Å². The minimum absolute atomic E-state index is 1.11. The summed E-state index contributed by atoms with van der Waals surface area (Å²) in [6.07, 6.45) is 6.52. The van der Waals surface area contributed by atoms with E-state index in [0.717, 1.165) is 6.42 Å². The molecule has 0 saturated carbocycles. The molecule has 0 heteroatoms. The SMILES string of the molecule is [CH2-]CCCCCC. The predicted octanol–water partition coefficient (Wildman–Crippen LogP) is 2.79. The van der Waals surface area contributed by atoms with Crippen LogP contribution in [0.3, 0.4) is 0 Å².